The quantitative estimate of drug-likeness (QED) is 0.477. The van der Waals surface area contributed by atoms with Crippen molar-refractivity contribution in [3.8, 4) is 11.8 Å². The number of hydrogen-bond donors (Lipinski definition) is 2. The lowest BCUT2D eigenvalue weighted by molar-refractivity contribution is 0.304. The molecule has 0 aromatic carbocycles. The summed E-state index contributed by atoms with van der Waals surface area (Å²) in [4.78, 5) is 3.03. The van der Waals surface area contributed by atoms with Gasteiger partial charge in [-0.25, -0.2) is 0 Å². The molecule has 0 spiro atoms. The number of hydrogen-bond acceptors (Lipinski definition) is 4. The molecule has 0 bridgehead atoms. The first-order valence-corrected chi connectivity index (χ1v) is 1.55. The van der Waals surface area contributed by atoms with E-state index in [4.69, 9.17) is 10.2 Å². The monoisotopic (exact) mass is 100 g/mol. The third-order valence-electron chi connectivity index (χ3n) is 0.485. The second-order valence-electron chi connectivity index (χ2n) is 0.934. The van der Waals surface area contributed by atoms with E-state index >= 15 is 0 Å². The van der Waals surface area contributed by atoms with E-state index in [0.29, 0.717) is 0 Å². The van der Waals surface area contributed by atoms with Gasteiger partial charge in [0.25, 0.3) is 12.3 Å². The third kappa shape index (κ3) is 0.489. The van der Waals surface area contributed by atoms with Crippen molar-refractivity contribution in [1.29, 1.82) is 0 Å². The average molecular weight is 100 g/mol. The van der Waals surface area contributed by atoms with Crippen molar-refractivity contribution in [3.63, 3.8) is 0 Å². The minimum absolute atomic E-state index is 0.528. The lowest BCUT2D eigenvalue weighted by Crippen LogP contribution is -1.56. The molecule has 4 nitrogen and oxygen atoms in total. The predicted octanol–water partition coefficient (Wildman–Crippen LogP) is -0.114. The topological polar surface area (TPSA) is 66.5 Å². The van der Waals surface area contributed by atoms with Crippen molar-refractivity contribution >= 4 is 0 Å². The van der Waals surface area contributed by atoms with Crippen LogP contribution in [0.2, 0.25) is 0 Å². The van der Waals surface area contributed by atoms with Crippen molar-refractivity contribution in [2.75, 3.05) is 0 Å². The fourth-order valence-electron chi connectivity index (χ4n) is 0.203. The number of nitrogens with zero attached hydrogens (tertiary/aromatic N) is 1. The average Bonchev–Trinajstić information content (AvgIpc) is 1.91. The second-order valence-corrected chi connectivity index (χ2v) is 0.934. The van der Waals surface area contributed by atoms with Gasteiger partial charge >= 0.3 is 5.95 Å². The first-order valence-electron chi connectivity index (χ1n) is 1.55. The molecule has 1 heterocycles. The van der Waals surface area contributed by atoms with Crippen LogP contribution in [0.1, 0.15) is 0 Å². The molecule has 1 radical (unpaired) electrons. The zero-order valence-corrected chi connectivity index (χ0v) is 3.25. The summed E-state index contributed by atoms with van der Waals surface area (Å²) in [5, 5.41) is 16.5. The summed E-state index contributed by atoms with van der Waals surface area (Å²) in [6.45, 7) is 0. The molecule has 1 rings (SSSR count). The Morgan fingerprint density at radius 3 is 2.43 bits per heavy atom. The summed E-state index contributed by atoms with van der Waals surface area (Å²) < 4.78 is 4.03. The van der Waals surface area contributed by atoms with Gasteiger partial charge in [0.1, 0.15) is 0 Å². The van der Waals surface area contributed by atoms with Crippen LogP contribution in [0.15, 0.2) is 4.42 Å². The Bertz CT molecular complexity index is 142. The van der Waals surface area contributed by atoms with E-state index in [1.54, 1.807) is 0 Å². The summed E-state index contributed by atoms with van der Waals surface area (Å²) in [6, 6.07) is 0. The molecular formula is C3H2NO3. The zero-order chi connectivity index (χ0) is 5.28. The minimum atomic E-state index is -0.597. The highest BCUT2D eigenvalue weighted by molar-refractivity contribution is 5.15. The fourth-order valence-corrected chi connectivity index (χ4v) is 0.203. The Morgan fingerprint density at radius 2 is 2.29 bits per heavy atom. The van der Waals surface area contributed by atoms with E-state index in [1.807, 2.05) is 6.39 Å². The van der Waals surface area contributed by atoms with Gasteiger partial charge < -0.3 is 14.6 Å². The van der Waals surface area contributed by atoms with Crippen molar-refractivity contribution in [1.82, 2.24) is 4.98 Å². The predicted molar refractivity (Wildman–Crippen MR) is 18.7 cm³/mol. The van der Waals surface area contributed by atoms with E-state index in [0.717, 1.165) is 0 Å². The van der Waals surface area contributed by atoms with Crippen LogP contribution >= 0.6 is 0 Å². The van der Waals surface area contributed by atoms with Gasteiger partial charge in [-0.3, -0.25) is 0 Å². The molecule has 0 aliphatic rings. The largest absolute Gasteiger partial charge is 0.488 e. The first kappa shape index (κ1) is 3.98. The first-order chi connectivity index (χ1) is 3.30. The Kier molecular flexibility index (Phi) is 0.651. The summed E-state index contributed by atoms with van der Waals surface area (Å²) in [5.41, 5.74) is 0. The summed E-state index contributed by atoms with van der Waals surface area (Å²) in [6.07, 6.45) is 1.87. The maximum Gasteiger partial charge on any atom is 0.349 e. The van der Waals surface area contributed by atoms with Gasteiger partial charge in [0.05, 0.1) is 0 Å². The molecule has 0 saturated heterocycles. The summed E-state index contributed by atoms with van der Waals surface area (Å²) >= 11 is 0. The van der Waals surface area contributed by atoms with E-state index < -0.39 is 11.8 Å². The summed E-state index contributed by atoms with van der Waals surface area (Å²) in [7, 11) is 0. The van der Waals surface area contributed by atoms with Crippen LogP contribution in [0.3, 0.4) is 0 Å². The number of aromatic nitrogens is 1. The third-order valence-corrected chi connectivity index (χ3v) is 0.485. The van der Waals surface area contributed by atoms with Gasteiger partial charge in [0, 0.05) is 0 Å². The van der Waals surface area contributed by atoms with Crippen LogP contribution < -0.4 is 0 Å². The molecule has 2 N–H and O–H groups in total. The molecule has 0 aliphatic heterocycles. The number of rotatable bonds is 0. The fraction of sp³-hybridized carbons (Fsp3) is 0. The normalized spacial score (nSPS) is 9.14. The van der Waals surface area contributed by atoms with Crippen molar-refractivity contribution < 1.29 is 14.6 Å². The molecule has 7 heavy (non-hydrogen) atoms. The highest BCUT2D eigenvalue weighted by Gasteiger charge is 2.00. The lowest BCUT2D eigenvalue weighted by Gasteiger charge is -1.75. The van der Waals surface area contributed by atoms with Crippen LogP contribution in [0.4, 0.5) is 0 Å². The second kappa shape index (κ2) is 1.14. The van der Waals surface area contributed by atoms with Crippen LogP contribution in [-0.2, 0) is 0 Å². The highest BCUT2D eigenvalue weighted by atomic mass is 16.5. The van der Waals surface area contributed by atoms with Crippen molar-refractivity contribution in [2.45, 2.75) is 0 Å². The molecule has 1 aromatic rings. The van der Waals surface area contributed by atoms with Crippen LogP contribution in [0.25, 0.3) is 0 Å². The molecule has 1 aromatic heterocycles. The van der Waals surface area contributed by atoms with Crippen LogP contribution in [-0.4, -0.2) is 15.2 Å². The Balaban J connectivity index is 3.12. The maximum absolute atomic E-state index is 8.27. The standard InChI is InChI=1S/C3H2NO3/c5-2-3(6)7-1-4-2/h5-6H. The van der Waals surface area contributed by atoms with E-state index in [2.05, 4.69) is 9.40 Å². The molecule has 0 aliphatic carbocycles. The maximum atomic E-state index is 8.27. The van der Waals surface area contributed by atoms with Crippen LogP contribution in [0, 0.1) is 6.39 Å². The molecule has 0 atom stereocenters. The minimum Gasteiger partial charge on any atom is -0.488 e. The molecule has 0 amide bonds. The van der Waals surface area contributed by atoms with Gasteiger partial charge in [-0.2, -0.15) is 4.98 Å². The highest BCUT2D eigenvalue weighted by Crippen LogP contribution is 2.18. The van der Waals surface area contributed by atoms with Crippen molar-refractivity contribution in [2.24, 2.45) is 0 Å². The van der Waals surface area contributed by atoms with Gasteiger partial charge in [-0.1, -0.05) is 0 Å². The molecular weight excluding hydrogens is 98.0 g/mol. The molecule has 4 heteroatoms. The Labute approximate surface area is 39.0 Å². The van der Waals surface area contributed by atoms with Crippen molar-refractivity contribution in [3.05, 3.63) is 6.39 Å². The molecule has 37 valence electrons. The van der Waals surface area contributed by atoms with Gasteiger partial charge in [0.2, 0.25) is 0 Å². The Morgan fingerprint density at radius 1 is 1.57 bits per heavy atom. The number of oxazole rings is 1. The van der Waals surface area contributed by atoms with Gasteiger partial charge in [-0.05, 0) is 0 Å². The van der Waals surface area contributed by atoms with E-state index in [1.165, 1.54) is 0 Å². The lowest BCUT2D eigenvalue weighted by atomic mass is 10.8. The number of aromatic hydroxyl groups is 2. The van der Waals surface area contributed by atoms with Gasteiger partial charge in [-0.15, -0.1) is 0 Å². The van der Waals surface area contributed by atoms with Gasteiger partial charge in [0.15, 0.2) is 0 Å². The molecule has 0 fully saturated rings. The van der Waals surface area contributed by atoms with Crippen LogP contribution in [0.5, 0.6) is 11.8 Å². The van der Waals surface area contributed by atoms with E-state index in [-0.39, 0.29) is 0 Å². The molecule has 0 saturated carbocycles. The summed E-state index contributed by atoms with van der Waals surface area (Å²) in [5.74, 6) is -1.12. The SMILES string of the molecule is Oc1n[c]oc1O. The smallest absolute Gasteiger partial charge is 0.349 e. The molecule has 0 unspecified atom stereocenters. The van der Waals surface area contributed by atoms with E-state index in [9.17, 15) is 0 Å². The Hall–Kier alpha value is -1.19. The zero-order valence-electron chi connectivity index (χ0n) is 3.25.